The lowest BCUT2D eigenvalue weighted by Gasteiger charge is -2.37. The van der Waals surface area contributed by atoms with E-state index in [9.17, 15) is 19.5 Å². The van der Waals surface area contributed by atoms with Crippen molar-refractivity contribution in [2.45, 2.75) is 62.6 Å². The number of hydrogen-bond donors (Lipinski definition) is 2. The molecule has 11 heteroatoms. The van der Waals surface area contributed by atoms with Crippen LogP contribution in [0.1, 0.15) is 38.4 Å². The predicted octanol–water partition coefficient (Wildman–Crippen LogP) is 4.57. The monoisotopic (exact) mass is 727 g/mol. The van der Waals surface area contributed by atoms with Crippen LogP contribution in [-0.2, 0) is 28.7 Å². The molecule has 2 N–H and O–H groups in total. The van der Waals surface area contributed by atoms with Crippen molar-refractivity contribution in [1.29, 1.82) is 0 Å². The molecule has 0 aliphatic carbocycles. The number of fused-ring (bicyclic) bond motifs is 3. The van der Waals surface area contributed by atoms with Crippen molar-refractivity contribution in [3.8, 4) is 0 Å². The molecular weight excluding hydrogens is 690 g/mol. The van der Waals surface area contributed by atoms with Crippen molar-refractivity contribution in [2.75, 3.05) is 18.1 Å². The number of hydrogen-bond acceptors (Lipinski definition) is 7. The van der Waals surface area contributed by atoms with E-state index in [1.54, 1.807) is 24.8 Å². The van der Waals surface area contributed by atoms with Gasteiger partial charge < -0.3 is 29.7 Å². The van der Waals surface area contributed by atoms with E-state index in [4.69, 9.17) is 9.47 Å². The number of aliphatic hydroxyl groups excluding tert-OH is 1. The van der Waals surface area contributed by atoms with Gasteiger partial charge in [0.05, 0.1) is 24.6 Å². The Labute approximate surface area is 292 Å². The van der Waals surface area contributed by atoms with Crippen LogP contribution in [-0.4, -0.2) is 76.7 Å². The summed E-state index contributed by atoms with van der Waals surface area (Å²) in [6.07, 6.45) is 4.34. The van der Waals surface area contributed by atoms with Crippen LogP contribution >= 0.6 is 15.9 Å². The van der Waals surface area contributed by atoms with E-state index in [-0.39, 0.29) is 18.9 Å². The second-order valence-corrected chi connectivity index (χ2v) is 14.1. The number of halogens is 1. The zero-order valence-corrected chi connectivity index (χ0v) is 28.8. The summed E-state index contributed by atoms with van der Waals surface area (Å²) in [6, 6.07) is 20.2. The van der Waals surface area contributed by atoms with Crippen molar-refractivity contribution in [3.63, 3.8) is 0 Å². The summed E-state index contributed by atoms with van der Waals surface area (Å²) in [4.78, 5) is 60.0. The molecule has 1 spiro atoms. The lowest BCUT2D eigenvalue weighted by molar-refractivity contribution is -0.161. The second-order valence-electron chi connectivity index (χ2n) is 13.2. The highest BCUT2D eigenvalue weighted by molar-refractivity contribution is 9.11. The lowest BCUT2D eigenvalue weighted by Crippen LogP contribution is -2.58. The molecule has 8 atom stereocenters. The van der Waals surface area contributed by atoms with Gasteiger partial charge in [0.1, 0.15) is 29.8 Å². The number of aliphatic hydroxyl groups is 1. The Kier molecular flexibility index (Phi) is 8.93. The van der Waals surface area contributed by atoms with Crippen LogP contribution in [0.25, 0.3) is 10.8 Å². The Morgan fingerprint density at radius 1 is 0.959 bits per heavy atom. The van der Waals surface area contributed by atoms with E-state index in [1.165, 1.54) is 4.90 Å². The van der Waals surface area contributed by atoms with Crippen LogP contribution < -0.4 is 10.2 Å². The number of anilines is 1. The summed E-state index contributed by atoms with van der Waals surface area (Å²) in [7, 11) is 0. The molecule has 5 bridgehead atoms. The number of esters is 1. The quantitative estimate of drug-likeness (QED) is 0.298. The molecule has 49 heavy (non-hydrogen) atoms. The summed E-state index contributed by atoms with van der Waals surface area (Å²) in [5.74, 6) is -3.94. The summed E-state index contributed by atoms with van der Waals surface area (Å²) in [6.45, 7) is 3.21. The number of allylic oxidation sites excluding steroid dienone is 1. The number of amides is 3. The Balaban J connectivity index is 1.36. The minimum atomic E-state index is -1.50. The third kappa shape index (κ3) is 5.67. The summed E-state index contributed by atoms with van der Waals surface area (Å²) < 4.78 is 13.4. The minimum absolute atomic E-state index is 0.151. The molecule has 4 aliphatic heterocycles. The fourth-order valence-corrected chi connectivity index (χ4v) is 8.54. The number of ether oxygens (including phenoxy) is 2. The first-order valence-electron chi connectivity index (χ1n) is 16.6. The molecule has 7 rings (SSSR count). The standard InChI is InChI=1S/C38H38BrN3O7/c1-22(21-43)42-34-36(46)41(27-17-16-24-11-8-9-14-26(24)19-27)18-10-4-7-15-29(44)40-23(2)32(25-12-5-3-6-13-25)48-37(47)30-31(35(42)45)38(34)20-28(39)33(30)49-38/h3-6,8-14,16-17,19-20,22-23,30-34,43H,7,15,18,21H2,1-2H3,(H,40,44)/b10-4-/t22-,23-,30+,31-,32+,33+,34+,38-/m1/s1. The first-order valence-corrected chi connectivity index (χ1v) is 17.4. The third-order valence-corrected chi connectivity index (χ3v) is 10.8. The molecule has 3 aromatic rings. The number of nitrogens with zero attached hydrogens (tertiary/aromatic N) is 2. The van der Waals surface area contributed by atoms with Gasteiger partial charge in [0.2, 0.25) is 11.8 Å². The van der Waals surface area contributed by atoms with Crippen LogP contribution in [0.5, 0.6) is 0 Å². The Bertz CT molecular complexity index is 1860. The maximum Gasteiger partial charge on any atom is 0.313 e. The molecule has 0 saturated carbocycles. The maximum absolute atomic E-state index is 15.1. The van der Waals surface area contributed by atoms with Gasteiger partial charge in [-0.05, 0) is 54.8 Å². The SMILES string of the molecule is C[C@H](CO)N1C(=O)[C@H]2[C@@H]3C(=O)O[C@H](c4ccccc4)[C@@H](C)NC(=O)CC/C=C\CN(c4ccc5ccccc5c4)C(=O)[C@H]1[C@@]21C=C(Br)[C@@H]3O1. The number of carbonyl (C=O) groups excluding carboxylic acids is 4. The zero-order valence-electron chi connectivity index (χ0n) is 27.2. The molecule has 0 radical (unpaired) electrons. The first kappa shape index (κ1) is 33.2. The van der Waals surface area contributed by atoms with Crippen molar-refractivity contribution in [2.24, 2.45) is 11.8 Å². The lowest BCUT2D eigenvalue weighted by atomic mass is 9.74. The van der Waals surface area contributed by atoms with Crippen LogP contribution in [0.2, 0.25) is 0 Å². The highest BCUT2D eigenvalue weighted by atomic mass is 79.9. The Morgan fingerprint density at radius 2 is 1.69 bits per heavy atom. The molecule has 4 aliphatic rings. The average Bonchev–Trinajstić information content (AvgIpc) is 3.70. The van der Waals surface area contributed by atoms with Crippen LogP contribution in [0, 0.1) is 11.8 Å². The third-order valence-electron chi connectivity index (χ3n) is 10.1. The van der Waals surface area contributed by atoms with E-state index in [1.807, 2.05) is 84.9 Å². The number of rotatable bonds is 4. The van der Waals surface area contributed by atoms with Gasteiger partial charge >= 0.3 is 5.97 Å². The molecule has 10 nitrogen and oxygen atoms in total. The summed E-state index contributed by atoms with van der Waals surface area (Å²) in [5, 5.41) is 15.3. The van der Waals surface area contributed by atoms with Gasteiger partial charge in [0.15, 0.2) is 0 Å². The molecule has 3 amide bonds. The molecule has 2 fully saturated rings. The minimum Gasteiger partial charge on any atom is -0.455 e. The number of nitrogens with one attached hydrogen (secondary N) is 1. The van der Waals surface area contributed by atoms with Crippen LogP contribution in [0.4, 0.5) is 5.69 Å². The summed E-state index contributed by atoms with van der Waals surface area (Å²) >= 11 is 3.59. The fourth-order valence-electron chi connectivity index (χ4n) is 7.80. The smallest absolute Gasteiger partial charge is 0.313 e. The number of carbonyl (C=O) groups is 4. The highest BCUT2D eigenvalue weighted by Crippen LogP contribution is 2.59. The van der Waals surface area contributed by atoms with Crippen LogP contribution in [0.3, 0.4) is 0 Å². The number of benzene rings is 3. The molecule has 0 unspecified atom stereocenters. The maximum atomic E-state index is 15.1. The molecule has 254 valence electrons. The molecule has 2 saturated heterocycles. The van der Waals surface area contributed by atoms with Crippen molar-refractivity contribution in [1.82, 2.24) is 10.2 Å². The Hall–Kier alpha value is -4.32. The van der Waals surface area contributed by atoms with E-state index in [2.05, 4.69) is 21.2 Å². The van der Waals surface area contributed by atoms with E-state index in [0.29, 0.717) is 22.2 Å². The highest BCUT2D eigenvalue weighted by Gasteiger charge is 2.75. The number of cyclic esters (lactones) is 1. The molecule has 4 heterocycles. The van der Waals surface area contributed by atoms with Gasteiger partial charge in [-0.1, -0.05) is 88.7 Å². The van der Waals surface area contributed by atoms with Gasteiger partial charge in [-0.15, -0.1) is 0 Å². The Morgan fingerprint density at radius 3 is 2.45 bits per heavy atom. The van der Waals surface area contributed by atoms with Crippen molar-refractivity contribution < 1.29 is 33.8 Å². The average molecular weight is 729 g/mol. The van der Waals surface area contributed by atoms with Gasteiger partial charge in [-0.2, -0.15) is 0 Å². The topological polar surface area (TPSA) is 125 Å². The zero-order chi connectivity index (χ0) is 34.4. The number of likely N-dealkylation sites (tertiary alicyclic amines) is 1. The normalized spacial score (nSPS) is 31.7. The fraction of sp³-hybridized carbons (Fsp3) is 0.368. The van der Waals surface area contributed by atoms with Gasteiger partial charge in [-0.3, -0.25) is 19.2 Å². The van der Waals surface area contributed by atoms with Crippen molar-refractivity contribution >= 4 is 56.1 Å². The van der Waals surface area contributed by atoms with Gasteiger partial charge in [-0.25, -0.2) is 0 Å². The largest absolute Gasteiger partial charge is 0.455 e. The van der Waals surface area contributed by atoms with Gasteiger partial charge in [0, 0.05) is 23.1 Å². The van der Waals surface area contributed by atoms with Crippen molar-refractivity contribution in [3.05, 3.63) is 101 Å². The van der Waals surface area contributed by atoms with E-state index >= 15 is 4.79 Å². The van der Waals surface area contributed by atoms with Crippen LogP contribution in [0.15, 0.2) is 95.5 Å². The van der Waals surface area contributed by atoms with Gasteiger partial charge in [0.25, 0.3) is 5.91 Å². The summed E-state index contributed by atoms with van der Waals surface area (Å²) in [5.41, 5.74) is -0.208. The molecule has 3 aromatic carbocycles. The first-order chi connectivity index (χ1) is 23.6. The van der Waals surface area contributed by atoms with E-state index < -0.39 is 72.2 Å². The molecular formula is C38H38BrN3O7. The predicted molar refractivity (Wildman–Crippen MR) is 186 cm³/mol. The molecule has 0 aromatic heterocycles. The van der Waals surface area contributed by atoms with E-state index in [0.717, 1.165) is 10.8 Å². The second kappa shape index (κ2) is 13.2.